The highest BCUT2D eigenvalue weighted by Gasteiger charge is 2.19. The minimum Gasteiger partial charge on any atom is -0.488 e. The van der Waals surface area contributed by atoms with Gasteiger partial charge in [-0.1, -0.05) is 120 Å². The van der Waals surface area contributed by atoms with Crippen molar-refractivity contribution in [2.75, 3.05) is 0 Å². The van der Waals surface area contributed by atoms with Gasteiger partial charge in [0.2, 0.25) is 0 Å². The van der Waals surface area contributed by atoms with E-state index in [1.807, 2.05) is 72.8 Å². The number of fused-ring (bicyclic) bond motifs is 2. The summed E-state index contributed by atoms with van der Waals surface area (Å²) in [4.78, 5) is 0. The smallest absolute Gasteiger partial charge is 0.128 e. The van der Waals surface area contributed by atoms with E-state index in [9.17, 15) is 0 Å². The summed E-state index contributed by atoms with van der Waals surface area (Å²) in [5.41, 5.74) is 3.84. The zero-order valence-electron chi connectivity index (χ0n) is 20.5. The molecule has 6 rings (SSSR count). The van der Waals surface area contributed by atoms with Crippen LogP contribution in [0.3, 0.4) is 0 Å². The number of halogens is 2. The normalized spacial score (nSPS) is 11.1. The first-order chi connectivity index (χ1) is 18.7. The van der Waals surface area contributed by atoms with Crippen LogP contribution in [-0.4, -0.2) is 0 Å². The van der Waals surface area contributed by atoms with Gasteiger partial charge in [-0.25, -0.2) is 0 Å². The monoisotopic (exact) mass is 534 g/mol. The summed E-state index contributed by atoms with van der Waals surface area (Å²) >= 11 is 12.9. The van der Waals surface area contributed by atoms with Crippen molar-refractivity contribution < 1.29 is 9.47 Å². The molecule has 0 aromatic heterocycles. The fourth-order valence-corrected chi connectivity index (χ4v) is 5.18. The molecule has 0 amide bonds. The molecule has 6 aromatic carbocycles. The van der Waals surface area contributed by atoms with Gasteiger partial charge in [0.1, 0.15) is 24.7 Å². The molecule has 0 saturated heterocycles. The Bertz CT molecular complexity index is 1630. The van der Waals surface area contributed by atoms with Crippen LogP contribution in [0.5, 0.6) is 11.5 Å². The van der Waals surface area contributed by atoms with Gasteiger partial charge in [-0.2, -0.15) is 0 Å². The predicted molar refractivity (Wildman–Crippen MR) is 158 cm³/mol. The van der Waals surface area contributed by atoms with Gasteiger partial charge in [0.05, 0.1) is 0 Å². The lowest BCUT2D eigenvalue weighted by molar-refractivity contribution is 0.303. The van der Waals surface area contributed by atoms with Crippen molar-refractivity contribution in [2.45, 2.75) is 13.2 Å². The Morgan fingerprint density at radius 3 is 1.26 bits per heavy atom. The Kier molecular flexibility index (Phi) is 6.92. The lowest BCUT2D eigenvalue weighted by atomic mass is 9.92. The second kappa shape index (κ2) is 10.8. The molecule has 2 nitrogen and oxygen atoms in total. The Morgan fingerprint density at radius 1 is 0.421 bits per heavy atom. The fraction of sp³-hybridized carbons (Fsp3) is 0.0588. The molecular formula is C34H24Cl2O2. The van der Waals surface area contributed by atoms with Crippen molar-refractivity contribution in [3.05, 3.63) is 142 Å². The molecule has 0 radical (unpaired) electrons. The summed E-state index contributed by atoms with van der Waals surface area (Å²) in [7, 11) is 0. The van der Waals surface area contributed by atoms with E-state index in [0.29, 0.717) is 23.3 Å². The van der Waals surface area contributed by atoms with E-state index < -0.39 is 0 Å². The molecule has 0 unspecified atom stereocenters. The first kappa shape index (κ1) is 24.4. The fourth-order valence-electron chi connectivity index (χ4n) is 4.80. The van der Waals surface area contributed by atoms with Gasteiger partial charge in [0, 0.05) is 32.3 Å². The molecule has 0 fully saturated rings. The third-order valence-corrected chi connectivity index (χ3v) is 7.45. The van der Waals surface area contributed by atoms with Gasteiger partial charge in [-0.15, -0.1) is 0 Å². The molecule has 0 aliphatic heterocycles. The zero-order chi connectivity index (χ0) is 25.9. The summed E-state index contributed by atoms with van der Waals surface area (Å²) in [5, 5.41) is 5.79. The van der Waals surface area contributed by atoms with E-state index in [2.05, 4.69) is 48.5 Å². The van der Waals surface area contributed by atoms with Crippen molar-refractivity contribution in [1.82, 2.24) is 0 Å². The molecule has 0 atom stereocenters. The Balaban J connectivity index is 1.53. The van der Waals surface area contributed by atoms with Gasteiger partial charge in [-0.05, 0) is 45.8 Å². The zero-order valence-corrected chi connectivity index (χ0v) is 22.0. The maximum atomic E-state index is 6.49. The van der Waals surface area contributed by atoms with Gasteiger partial charge >= 0.3 is 0 Å². The molecule has 0 spiro atoms. The number of benzene rings is 6. The maximum absolute atomic E-state index is 6.49. The average Bonchev–Trinajstić information content (AvgIpc) is 2.96. The van der Waals surface area contributed by atoms with E-state index in [-0.39, 0.29) is 0 Å². The maximum Gasteiger partial charge on any atom is 0.128 e. The second-order valence-corrected chi connectivity index (χ2v) is 9.89. The highest BCUT2D eigenvalue weighted by Crippen LogP contribution is 2.46. The summed E-state index contributed by atoms with van der Waals surface area (Å²) in [6, 6.07) is 40.5. The van der Waals surface area contributed by atoms with Crippen molar-refractivity contribution in [1.29, 1.82) is 0 Å². The SMILES string of the molecule is Clc1ccccc1COc1ccc2ccccc2c1-c1c(OCc2ccccc2Cl)ccc2ccccc12. The lowest BCUT2D eigenvalue weighted by Gasteiger charge is -2.20. The van der Waals surface area contributed by atoms with Crippen LogP contribution in [0.4, 0.5) is 0 Å². The van der Waals surface area contributed by atoms with Crippen LogP contribution in [0, 0.1) is 0 Å². The Morgan fingerprint density at radius 2 is 0.816 bits per heavy atom. The van der Waals surface area contributed by atoms with Crippen LogP contribution < -0.4 is 9.47 Å². The summed E-state index contributed by atoms with van der Waals surface area (Å²) in [6.45, 7) is 0.706. The van der Waals surface area contributed by atoms with Crippen molar-refractivity contribution >= 4 is 44.7 Å². The van der Waals surface area contributed by atoms with Gasteiger partial charge < -0.3 is 9.47 Å². The molecule has 0 heterocycles. The summed E-state index contributed by atoms with van der Waals surface area (Å²) in [5.74, 6) is 1.53. The number of rotatable bonds is 7. The molecule has 0 aliphatic rings. The Labute approximate surface area is 232 Å². The van der Waals surface area contributed by atoms with Crippen molar-refractivity contribution in [3.8, 4) is 22.6 Å². The largest absolute Gasteiger partial charge is 0.488 e. The summed E-state index contributed by atoms with van der Waals surface area (Å²) < 4.78 is 13.0. The van der Waals surface area contributed by atoms with E-state index in [0.717, 1.165) is 55.3 Å². The molecule has 0 N–H and O–H groups in total. The Hall–Kier alpha value is -3.98. The minimum atomic E-state index is 0.353. The third kappa shape index (κ3) is 4.81. The predicted octanol–water partition coefficient (Wildman–Crippen LogP) is 10.1. The second-order valence-electron chi connectivity index (χ2n) is 9.08. The van der Waals surface area contributed by atoms with Crippen LogP contribution in [0.2, 0.25) is 10.0 Å². The molecule has 0 saturated carbocycles. The highest BCUT2D eigenvalue weighted by molar-refractivity contribution is 6.31. The third-order valence-electron chi connectivity index (χ3n) is 6.71. The van der Waals surface area contributed by atoms with Crippen molar-refractivity contribution in [2.24, 2.45) is 0 Å². The molecule has 4 heteroatoms. The van der Waals surface area contributed by atoms with Gasteiger partial charge in [0.25, 0.3) is 0 Å². The molecule has 0 bridgehead atoms. The van der Waals surface area contributed by atoms with Crippen LogP contribution in [-0.2, 0) is 13.2 Å². The summed E-state index contributed by atoms with van der Waals surface area (Å²) in [6.07, 6.45) is 0. The highest BCUT2D eigenvalue weighted by atomic mass is 35.5. The van der Waals surface area contributed by atoms with Crippen LogP contribution in [0.1, 0.15) is 11.1 Å². The van der Waals surface area contributed by atoms with Gasteiger partial charge in [-0.3, -0.25) is 0 Å². The first-order valence-electron chi connectivity index (χ1n) is 12.5. The first-order valence-corrected chi connectivity index (χ1v) is 13.2. The standard InChI is InChI=1S/C34H24Cl2O2/c35-29-15-7-3-11-25(29)21-37-31-19-17-23-9-1-5-13-27(23)33(31)34-28-14-6-2-10-24(28)18-20-32(34)38-22-26-12-4-8-16-30(26)36/h1-20H,21-22H2. The molecule has 186 valence electrons. The molecular weight excluding hydrogens is 511 g/mol. The number of ether oxygens (including phenoxy) is 2. The quantitative estimate of drug-likeness (QED) is 0.203. The topological polar surface area (TPSA) is 18.5 Å². The van der Waals surface area contributed by atoms with Crippen LogP contribution in [0.25, 0.3) is 32.7 Å². The van der Waals surface area contributed by atoms with E-state index in [1.165, 1.54) is 0 Å². The van der Waals surface area contributed by atoms with Gasteiger partial charge in [0.15, 0.2) is 0 Å². The van der Waals surface area contributed by atoms with Crippen molar-refractivity contribution in [3.63, 3.8) is 0 Å². The lowest BCUT2D eigenvalue weighted by Crippen LogP contribution is -2.01. The van der Waals surface area contributed by atoms with E-state index in [4.69, 9.17) is 32.7 Å². The van der Waals surface area contributed by atoms with Crippen LogP contribution >= 0.6 is 23.2 Å². The van der Waals surface area contributed by atoms with E-state index >= 15 is 0 Å². The number of hydrogen-bond donors (Lipinski definition) is 0. The van der Waals surface area contributed by atoms with E-state index in [1.54, 1.807) is 0 Å². The molecule has 38 heavy (non-hydrogen) atoms. The molecule has 0 aliphatic carbocycles. The van der Waals surface area contributed by atoms with Crippen LogP contribution in [0.15, 0.2) is 121 Å². The minimum absolute atomic E-state index is 0.353. The molecule has 6 aromatic rings. The number of hydrogen-bond acceptors (Lipinski definition) is 2. The average molecular weight is 535 g/mol.